The lowest BCUT2D eigenvalue weighted by atomic mass is 9.69. The molecule has 1 amide bonds. The van der Waals surface area contributed by atoms with E-state index in [2.05, 4.69) is 11.5 Å². The maximum atomic E-state index is 14.2. The fourth-order valence-electron chi connectivity index (χ4n) is 6.17. The van der Waals surface area contributed by atoms with Crippen molar-refractivity contribution in [2.45, 2.75) is 37.4 Å². The molecule has 43 heavy (non-hydrogen) atoms. The number of piperidine rings is 1. The first-order valence-electron chi connectivity index (χ1n) is 14.0. The van der Waals surface area contributed by atoms with Crippen molar-refractivity contribution in [1.29, 1.82) is 5.26 Å². The average molecular weight is 597 g/mol. The monoisotopic (exact) mass is 596 g/mol. The quantitative estimate of drug-likeness (QED) is 0.189. The van der Waals surface area contributed by atoms with Gasteiger partial charge in [-0.1, -0.05) is 24.3 Å². The van der Waals surface area contributed by atoms with Crippen molar-refractivity contribution in [3.8, 4) is 23.4 Å². The van der Waals surface area contributed by atoms with Crippen LogP contribution in [0.25, 0.3) is 10.1 Å². The normalized spacial score (nSPS) is 20.1. The Kier molecular flexibility index (Phi) is 7.22. The summed E-state index contributed by atoms with van der Waals surface area (Å²) in [7, 11) is 1.58. The van der Waals surface area contributed by atoms with Gasteiger partial charge in [0, 0.05) is 35.8 Å². The molecule has 0 radical (unpaired) electrons. The van der Waals surface area contributed by atoms with Crippen LogP contribution in [-0.4, -0.2) is 42.8 Å². The molecule has 2 heterocycles. The van der Waals surface area contributed by atoms with Gasteiger partial charge in [-0.15, -0.1) is 11.3 Å². The van der Waals surface area contributed by atoms with Crippen LogP contribution in [0.1, 0.15) is 50.8 Å². The summed E-state index contributed by atoms with van der Waals surface area (Å²) >= 11 is 1.22. The minimum absolute atomic E-state index is 0.0883. The molecule has 0 spiro atoms. The van der Waals surface area contributed by atoms with Gasteiger partial charge < -0.3 is 36.9 Å². The molecule has 7 N–H and O–H groups in total. The number of methoxy groups -OCH3 is 1. The third-order valence-corrected chi connectivity index (χ3v) is 9.66. The first kappa shape index (κ1) is 28.5. The van der Waals surface area contributed by atoms with Gasteiger partial charge in [-0.25, -0.2) is 0 Å². The number of Topliss-reactive ketones (excluding diaryl/α,β-unsaturated/α-hetero) is 1. The summed E-state index contributed by atoms with van der Waals surface area (Å²) < 4.78 is 12.2. The zero-order valence-electron chi connectivity index (χ0n) is 23.8. The maximum absolute atomic E-state index is 14.2. The number of hydrogen-bond acceptors (Lipinski definition) is 10. The van der Waals surface area contributed by atoms with Crippen LogP contribution in [0.15, 0.2) is 54.6 Å². The summed E-state index contributed by atoms with van der Waals surface area (Å²) in [4.78, 5) is 29.8. The Morgan fingerprint density at radius 2 is 1.81 bits per heavy atom. The summed E-state index contributed by atoms with van der Waals surface area (Å²) in [5.74, 6) is 0.982. The molecule has 0 saturated carbocycles. The van der Waals surface area contributed by atoms with Crippen LogP contribution in [0.5, 0.6) is 17.2 Å². The Morgan fingerprint density at radius 3 is 2.49 bits per heavy atom. The highest BCUT2D eigenvalue weighted by atomic mass is 32.1. The van der Waals surface area contributed by atoms with Crippen LogP contribution < -0.4 is 32.0 Å². The van der Waals surface area contributed by atoms with Crippen molar-refractivity contribution in [2.24, 2.45) is 11.5 Å². The van der Waals surface area contributed by atoms with Crippen LogP contribution in [0, 0.1) is 18.4 Å². The molecule has 11 heteroatoms. The Morgan fingerprint density at radius 1 is 1.12 bits per heavy atom. The molecule has 1 aromatic heterocycles. The first-order chi connectivity index (χ1) is 20.7. The molecule has 1 fully saturated rings. The number of carbonyl (C=O) groups is 2. The highest BCUT2D eigenvalue weighted by Crippen LogP contribution is 2.50. The SMILES string of the molecule is COc1ccccc1Oc1ccc(C2(N)C(=O)C(N)c3c(C(=O)NC4CCN(C#N)CC4)sc4c(N)ccc2c34)c(C)c1. The van der Waals surface area contributed by atoms with E-state index in [0.717, 1.165) is 5.56 Å². The molecular formula is C32H32N6O4S. The molecule has 0 bridgehead atoms. The van der Waals surface area contributed by atoms with Gasteiger partial charge in [0.15, 0.2) is 23.5 Å². The van der Waals surface area contributed by atoms with E-state index in [1.807, 2.05) is 37.3 Å². The van der Waals surface area contributed by atoms with Crippen molar-refractivity contribution >= 4 is 38.8 Å². The number of thiophene rings is 1. The van der Waals surface area contributed by atoms with E-state index < -0.39 is 17.4 Å². The summed E-state index contributed by atoms with van der Waals surface area (Å²) in [5.41, 5.74) is 21.4. The summed E-state index contributed by atoms with van der Waals surface area (Å²) in [6.45, 7) is 3.02. The number of ether oxygens (including phenoxy) is 2. The number of carbonyl (C=O) groups excluding carboxylic acids is 2. The molecule has 1 aliphatic heterocycles. The van der Waals surface area contributed by atoms with Crippen molar-refractivity contribution in [3.63, 3.8) is 0 Å². The number of para-hydroxylation sites is 2. The van der Waals surface area contributed by atoms with Crippen LogP contribution >= 0.6 is 11.3 Å². The third-order valence-electron chi connectivity index (χ3n) is 8.41. The van der Waals surface area contributed by atoms with Crippen molar-refractivity contribution < 1.29 is 19.1 Å². The molecule has 1 aliphatic carbocycles. The zero-order valence-corrected chi connectivity index (χ0v) is 24.7. The van der Waals surface area contributed by atoms with Gasteiger partial charge in [-0.3, -0.25) is 9.59 Å². The summed E-state index contributed by atoms with van der Waals surface area (Å²) in [5, 5.41) is 12.9. The molecule has 4 aromatic rings. The second-order valence-electron chi connectivity index (χ2n) is 11.0. The first-order valence-corrected chi connectivity index (χ1v) is 14.8. The van der Waals surface area contributed by atoms with Gasteiger partial charge in [0.2, 0.25) is 0 Å². The number of aryl methyl sites for hydroxylation is 1. The largest absolute Gasteiger partial charge is 0.493 e. The number of anilines is 1. The maximum Gasteiger partial charge on any atom is 0.261 e. The van der Waals surface area contributed by atoms with Gasteiger partial charge in [0.25, 0.3) is 5.91 Å². The molecule has 220 valence electrons. The number of nitrogens with zero attached hydrogens (tertiary/aromatic N) is 2. The predicted molar refractivity (Wildman–Crippen MR) is 165 cm³/mol. The van der Waals surface area contributed by atoms with Crippen molar-refractivity contribution in [3.05, 3.63) is 81.7 Å². The number of nitrogen functional groups attached to an aromatic ring is 1. The van der Waals surface area contributed by atoms with Crippen molar-refractivity contribution in [1.82, 2.24) is 10.2 Å². The van der Waals surface area contributed by atoms with E-state index >= 15 is 0 Å². The molecular weight excluding hydrogens is 564 g/mol. The van der Waals surface area contributed by atoms with E-state index in [9.17, 15) is 9.59 Å². The lowest BCUT2D eigenvalue weighted by Gasteiger charge is -2.37. The molecule has 10 nitrogen and oxygen atoms in total. The second-order valence-corrected chi connectivity index (χ2v) is 12.0. The fraction of sp³-hybridized carbons (Fsp3) is 0.281. The lowest BCUT2D eigenvalue weighted by molar-refractivity contribution is -0.124. The third kappa shape index (κ3) is 4.64. The van der Waals surface area contributed by atoms with Crippen LogP contribution in [0.2, 0.25) is 0 Å². The Hall–Kier alpha value is -4.63. The Labute approximate surface area is 253 Å². The molecule has 1 saturated heterocycles. The molecule has 6 rings (SSSR count). The topological polar surface area (TPSA) is 170 Å². The number of hydrogen-bond donors (Lipinski definition) is 4. The summed E-state index contributed by atoms with van der Waals surface area (Å²) in [6.07, 6.45) is 3.46. The number of ketones is 1. The number of nitrogens with one attached hydrogen (secondary N) is 1. The standard InChI is InChI=1S/C32H32N6O4S/c1-17-15-19(42-24-6-4-3-5-23(24)41-2)7-8-20(17)32(36)21-9-10-22(34)28-25(21)26(27(35)30(32)39)29(43-28)31(40)37-18-11-13-38(16-33)14-12-18/h3-10,15,18,27H,11-14,34-36H2,1-2H3,(H,37,40). The summed E-state index contributed by atoms with van der Waals surface area (Å²) in [6, 6.07) is 14.9. The average Bonchev–Trinajstić information content (AvgIpc) is 3.42. The smallest absolute Gasteiger partial charge is 0.261 e. The number of likely N-dealkylation sites (tertiary alicyclic amines) is 1. The minimum Gasteiger partial charge on any atom is -0.493 e. The highest BCUT2D eigenvalue weighted by molar-refractivity contribution is 7.21. The lowest BCUT2D eigenvalue weighted by Crippen LogP contribution is -2.53. The zero-order chi connectivity index (χ0) is 30.5. The highest BCUT2D eigenvalue weighted by Gasteiger charge is 2.49. The van der Waals surface area contributed by atoms with E-state index in [4.69, 9.17) is 31.9 Å². The van der Waals surface area contributed by atoms with Gasteiger partial charge in [-0.2, -0.15) is 5.26 Å². The number of nitrogens with two attached hydrogens (primary N) is 3. The van der Waals surface area contributed by atoms with E-state index in [1.54, 1.807) is 36.3 Å². The van der Waals surface area contributed by atoms with Crippen molar-refractivity contribution in [2.75, 3.05) is 25.9 Å². The van der Waals surface area contributed by atoms with Gasteiger partial charge in [0.1, 0.15) is 11.3 Å². The number of rotatable bonds is 6. The second kappa shape index (κ2) is 10.9. The number of benzene rings is 3. The van der Waals surface area contributed by atoms with E-state index in [-0.39, 0.29) is 11.9 Å². The van der Waals surface area contributed by atoms with Crippen LogP contribution in [0.3, 0.4) is 0 Å². The van der Waals surface area contributed by atoms with Crippen LogP contribution in [-0.2, 0) is 10.3 Å². The Bertz CT molecular complexity index is 1810. The molecule has 3 aromatic carbocycles. The Balaban J connectivity index is 1.39. The molecule has 2 unspecified atom stereocenters. The predicted octanol–water partition coefficient (Wildman–Crippen LogP) is 4.05. The van der Waals surface area contributed by atoms with Gasteiger partial charge in [0.05, 0.1) is 22.7 Å². The fourth-order valence-corrected chi connectivity index (χ4v) is 7.38. The van der Waals surface area contributed by atoms with Gasteiger partial charge >= 0.3 is 0 Å². The van der Waals surface area contributed by atoms with E-state index in [0.29, 0.717) is 80.5 Å². The minimum atomic E-state index is -1.58. The molecule has 2 aliphatic rings. The number of amides is 1. The number of nitriles is 1. The van der Waals surface area contributed by atoms with Gasteiger partial charge in [-0.05, 0) is 66.8 Å². The van der Waals surface area contributed by atoms with E-state index in [1.165, 1.54) is 11.3 Å². The van der Waals surface area contributed by atoms with Crippen LogP contribution in [0.4, 0.5) is 5.69 Å². The molecule has 2 atom stereocenters.